The zero-order valence-electron chi connectivity index (χ0n) is 11.7. The molecule has 106 valence electrons. The molecule has 0 aliphatic heterocycles. The predicted molar refractivity (Wildman–Crippen MR) is 79.0 cm³/mol. The number of fused-ring (bicyclic) bond motifs is 1. The van der Waals surface area contributed by atoms with Crippen LogP contribution in [0.4, 0.5) is 0 Å². The van der Waals surface area contributed by atoms with Crippen LogP contribution < -0.4 is 5.32 Å². The van der Waals surface area contributed by atoms with Crippen LogP contribution in [-0.4, -0.2) is 30.3 Å². The molecule has 0 radical (unpaired) electrons. The Labute approximate surface area is 118 Å². The average molecular weight is 273 g/mol. The number of hydrogen-bond donors (Lipinski definition) is 2. The van der Waals surface area contributed by atoms with Crippen molar-refractivity contribution in [3.05, 3.63) is 42.0 Å². The lowest BCUT2D eigenvalue weighted by Gasteiger charge is -2.10. The molecule has 0 aromatic heterocycles. The molecule has 0 aliphatic rings. The van der Waals surface area contributed by atoms with Crippen LogP contribution in [0.2, 0.25) is 0 Å². The Morgan fingerprint density at radius 1 is 1.25 bits per heavy atom. The van der Waals surface area contributed by atoms with E-state index in [0.29, 0.717) is 13.2 Å². The molecule has 0 saturated heterocycles. The fraction of sp³-hybridized carbons (Fsp3) is 0.312. The second-order valence-corrected chi connectivity index (χ2v) is 4.89. The SMILES string of the molecule is CC(C)OCCNC(=O)c1cc2ccccc2cc1O. The average Bonchev–Trinajstić information content (AvgIpc) is 2.42. The van der Waals surface area contributed by atoms with E-state index in [4.69, 9.17) is 4.74 Å². The maximum atomic E-state index is 12.0. The molecule has 4 heteroatoms. The Morgan fingerprint density at radius 2 is 1.90 bits per heavy atom. The van der Waals surface area contributed by atoms with Crippen LogP contribution in [0.1, 0.15) is 24.2 Å². The first kappa shape index (κ1) is 14.3. The van der Waals surface area contributed by atoms with E-state index in [0.717, 1.165) is 10.8 Å². The van der Waals surface area contributed by atoms with Crippen LogP contribution in [-0.2, 0) is 4.74 Å². The van der Waals surface area contributed by atoms with Gasteiger partial charge in [-0.3, -0.25) is 4.79 Å². The summed E-state index contributed by atoms with van der Waals surface area (Å²) in [7, 11) is 0. The first-order valence-electron chi connectivity index (χ1n) is 6.69. The third kappa shape index (κ3) is 3.48. The summed E-state index contributed by atoms with van der Waals surface area (Å²) < 4.78 is 5.35. The molecular formula is C16H19NO3. The van der Waals surface area contributed by atoms with E-state index in [1.54, 1.807) is 12.1 Å². The van der Waals surface area contributed by atoms with Crippen LogP contribution in [0.5, 0.6) is 5.75 Å². The Hall–Kier alpha value is -2.07. The minimum atomic E-state index is -0.291. The van der Waals surface area contributed by atoms with E-state index in [1.165, 1.54) is 0 Å². The Balaban J connectivity index is 2.07. The first-order chi connectivity index (χ1) is 9.58. The minimum Gasteiger partial charge on any atom is -0.507 e. The van der Waals surface area contributed by atoms with Crippen molar-refractivity contribution in [2.24, 2.45) is 0 Å². The summed E-state index contributed by atoms with van der Waals surface area (Å²) in [5.74, 6) is -0.299. The van der Waals surface area contributed by atoms with Crippen molar-refractivity contribution in [2.45, 2.75) is 20.0 Å². The van der Waals surface area contributed by atoms with Gasteiger partial charge in [0.1, 0.15) is 5.75 Å². The molecule has 0 atom stereocenters. The van der Waals surface area contributed by atoms with Gasteiger partial charge in [-0.25, -0.2) is 0 Å². The van der Waals surface area contributed by atoms with Crippen LogP contribution in [0.3, 0.4) is 0 Å². The standard InChI is InChI=1S/C16H19NO3/c1-11(2)20-8-7-17-16(19)14-9-12-5-3-4-6-13(12)10-15(14)18/h3-6,9-11,18H,7-8H2,1-2H3,(H,17,19). The summed E-state index contributed by atoms with van der Waals surface area (Å²) in [5.41, 5.74) is 0.285. The highest BCUT2D eigenvalue weighted by molar-refractivity contribution is 6.01. The molecule has 2 rings (SSSR count). The summed E-state index contributed by atoms with van der Waals surface area (Å²) in [6, 6.07) is 10.9. The highest BCUT2D eigenvalue weighted by Crippen LogP contribution is 2.24. The Kier molecular flexibility index (Phi) is 4.58. The lowest BCUT2D eigenvalue weighted by atomic mass is 10.1. The smallest absolute Gasteiger partial charge is 0.255 e. The molecule has 4 nitrogen and oxygen atoms in total. The molecular weight excluding hydrogens is 254 g/mol. The number of ether oxygens (including phenoxy) is 1. The fourth-order valence-electron chi connectivity index (χ4n) is 1.96. The summed E-state index contributed by atoms with van der Waals surface area (Å²) in [6.07, 6.45) is 0.140. The summed E-state index contributed by atoms with van der Waals surface area (Å²) in [6.45, 7) is 4.76. The number of nitrogens with one attached hydrogen (secondary N) is 1. The van der Waals surface area contributed by atoms with Gasteiger partial charge in [0.2, 0.25) is 0 Å². The predicted octanol–water partition coefficient (Wildman–Crippen LogP) is 2.70. The Morgan fingerprint density at radius 3 is 2.55 bits per heavy atom. The zero-order valence-corrected chi connectivity index (χ0v) is 11.7. The monoisotopic (exact) mass is 273 g/mol. The minimum absolute atomic E-state index is 0.00835. The lowest BCUT2D eigenvalue weighted by molar-refractivity contribution is 0.0745. The number of benzene rings is 2. The van der Waals surface area contributed by atoms with Crippen molar-refractivity contribution < 1.29 is 14.6 Å². The van der Waals surface area contributed by atoms with Crippen molar-refractivity contribution in [1.29, 1.82) is 0 Å². The maximum Gasteiger partial charge on any atom is 0.255 e. The van der Waals surface area contributed by atoms with Gasteiger partial charge in [0.25, 0.3) is 5.91 Å². The molecule has 1 amide bonds. The van der Waals surface area contributed by atoms with Gasteiger partial charge in [-0.05, 0) is 36.8 Å². The maximum absolute atomic E-state index is 12.0. The Bertz CT molecular complexity index is 608. The third-order valence-electron chi connectivity index (χ3n) is 2.95. The highest BCUT2D eigenvalue weighted by Gasteiger charge is 2.11. The highest BCUT2D eigenvalue weighted by atomic mass is 16.5. The molecule has 0 unspecified atom stereocenters. The van der Waals surface area contributed by atoms with E-state index in [1.807, 2.05) is 38.1 Å². The molecule has 2 N–H and O–H groups in total. The number of rotatable bonds is 5. The van der Waals surface area contributed by atoms with E-state index in [2.05, 4.69) is 5.32 Å². The van der Waals surface area contributed by atoms with Gasteiger partial charge in [0.05, 0.1) is 18.3 Å². The van der Waals surface area contributed by atoms with Gasteiger partial charge in [-0.2, -0.15) is 0 Å². The fourth-order valence-corrected chi connectivity index (χ4v) is 1.96. The van der Waals surface area contributed by atoms with E-state index < -0.39 is 0 Å². The zero-order chi connectivity index (χ0) is 14.5. The number of amides is 1. The summed E-state index contributed by atoms with van der Waals surface area (Å²) in [4.78, 5) is 12.0. The number of carbonyl (C=O) groups is 1. The van der Waals surface area contributed by atoms with Crippen molar-refractivity contribution in [3.8, 4) is 5.75 Å². The number of phenolic OH excluding ortho intramolecular Hbond substituents is 1. The van der Waals surface area contributed by atoms with Crippen LogP contribution in [0.15, 0.2) is 36.4 Å². The molecule has 0 aliphatic carbocycles. The van der Waals surface area contributed by atoms with Crippen molar-refractivity contribution >= 4 is 16.7 Å². The van der Waals surface area contributed by atoms with E-state index in [9.17, 15) is 9.90 Å². The first-order valence-corrected chi connectivity index (χ1v) is 6.69. The lowest BCUT2D eigenvalue weighted by Crippen LogP contribution is -2.28. The molecule has 0 spiro atoms. The van der Waals surface area contributed by atoms with Gasteiger partial charge >= 0.3 is 0 Å². The van der Waals surface area contributed by atoms with Crippen molar-refractivity contribution in [3.63, 3.8) is 0 Å². The second-order valence-electron chi connectivity index (χ2n) is 4.89. The number of phenols is 1. The largest absolute Gasteiger partial charge is 0.507 e. The summed E-state index contributed by atoms with van der Waals surface area (Å²) >= 11 is 0. The van der Waals surface area contributed by atoms with E-state index >= 15 is 0 Å². The van der Waals surface area contributed by atoms with Gasteiger partial charge in [-0.1, -0.05) is 24.3 Å². The number of hydrogen-bond acceptors (Lipinski definition) is 3. The third-order valence-corrected chi connectivity index (χ3v) is 2.95. The van der Waals surface area contributed by atoms with Crippen LogP contribution in [0.25, 0.3) is 10.8 Å². The molecule has 0 heterocycles. The van der Waals surface area contributed by atoms with E-state index in [-0.39, 0.29) is 23.3 Å². The number of aromatic hydroxyl groups is 1. The number of carbonyl (C=O) groups excluding carboxylic acids is 1. The molecule has 0 fully saturated rings. The van der Waals surface area contributed by atoms with Gasteiger partial charge in [-0.15, -0.1) is 0 Å². The molecule has 0 saturated carbocycles. The molecule has 2 aromatic rings. The van der Waals surface area contributed by atoms with Gasteiger partial charge in [0.15, 0.2) is 0 Å². The summed E-state index contributed by atoms with van der Waals surface area (Å²) in [5, 5.41) is 14.5. The molecule has 2 aromatic carbocycles. The van der Waals surface area contributed by atoms with Gasteiger partial charge < -0.3 is 15.2 Å². The van der Waals surface area contributed by atoms with Gasteiger partial charge in [0, 0.05) is 6.54 Å². The van der Waals surface area contributed by atoms with Crippen molar-refractivity contribution in [2.75, 3.05) is 13.2 Å². The molecule has 20 heavy (non-hydrogen) atoms. The second kappa shape index (κ2) is 6.39. The quantitative estimate of drug-likeness (QED) is 0.823. The van der Waals surface area contributed by atoms with Crippen LogP contribution >= 0.6 is 0 Å². The topological polar surface area (TPSA) is 58.6 Å². The molecule has 0 bridgehead atoms. The normalized spacial score (nSPS) is 10.9. The van der Waals surface area contributed by atoms with Crippen LogP contribution in [0, 0.1) is 0 Å². The van der Waals surface area contributed by atoms with Crippen molar-refractivity contribution in [1.82, 2.24) is 5.32 Å².